The van der Waals surface area contributed by atoms with E-state index in [1.165, 1.54) is 5.56 Å². The van der Waals surface area contributed by atoms with Crippen LogP contribution in [0.1, 0.15) is 52.5 Å². The second-order valence-corrected chi connectivity index (χ2v) is 7.34. The van der Waals surface area contributed by atoms with E-state index in [0.29, 0.717) is 6.04 Å². The van der Waals surface area contributed by atoms with Crippen LogP contribution in [0.2, 0.25) is 5.02 Å². The molecule has 1 atom stereocenters. The average molecular weight is 309 g/mol. The van der Waals surface area contributed by atoms with Crippen molar-refractivity contribution >= 4 is 17.5 Å². The molecular formula is C17H25ClN2O. The first-order valence-corrected chi connectivity index (χ1v) is 7.93. The number of amides is 1. The largest absolute Gasteiger partial charge is 0.351 e. The summed E-state index contributed by atoms with van der Waals surface area (Å²) >= 11 is 6.10. The van der Waals surface area contributed by atoms with Crippen molar-refractivity contribution in [3.05, 3.63) is 34.9 Å². The van der Waals surface area contributed by atoms with Crippen LogP contribution < -0.4 is 10.6 Å². The van der Waals surface area contributed by atoms with Crippen LogP contribution in [-0.2, 0) is 10.3 Å². The Hall–Kier alpha value is -1.06. The van der Waals surface area contributed by atoms with E-state index < -0.39 is 0 Å². The van der Waals surface area contributed by atoms with Crippen molar-refractivity contribution in [2.45, 2.75) is 64.1 Å². The van der Waals surface area contributed by atoms with Crippen LogP contribution in [-0.4, -0.2) is 17.5 Å². The predicted molar refractivity (Wildman–Crippen MR) is 87.5 cm³/mol. The van der Waals surface area contributed by atoms with Gasteiger partial charge < -0.3 is 10.6 Å². The van der Waals surface area contributed by atoms with E-state index in [1.807, 2.05) is 18.2 Å². The number of hydrogen-bond donors (Lipinski definition) is 2. The highest BCUT2D eigenvalue weighted by Gasteiger charge is 2.45. The molecule has 0 aliphatic heterocycles. The molecule has 3 nitrogen and oxygen atoms in total. The number of carbonyl (C=O) groups excluding carboxylic acids is 1. The number of benzene rings is 1. The van der Waals surface area contributed by atoms with Gasteiger partial charge in [-0.1, -0.05) is 23.7 Å². The van der Waals surface area contributed by atoms with Crippen molar-refractivity contribution in [1.82, 2.24) is 10.6 Å². The third-order valence-corrected chi connectivity index (χ3v) is 4.22. The van der Waals surface area contributed by atoms with E-state index in [0.717, 1.165) is 24.3 Å². The summed E-state index contributed by atoms with van der Waals surface area (Å²) in [4.78, 5) is 11.3. The molecule has 1 aromatic carbocycles. The molecule has 21 heavy (non-hydrogen) atoms. The summed E-state index contributed by atoms with van der Waals surface area (Å²) in [5.74, 6) is 0.0168. The van der Waals surface area contributed by atoms with Gasteiger partial charge in [0.15, 0.2) is 0 Å². The molecule has 0 unspecified atom stereocenters. The molecule has 1 aromatic rings. The average Bonchev–Trinajstić information content (AvgIpc) is 3.06. The summed E-state index contributed by atoms with van der Waals surface area (Å²) in [6.07, 6.45) is 3.16. The highest BCUT2D eigenvalue weighted by atomic mass is 35.5. The van der Waals surface area contributed by atoms with Crippen LogP contribution in [0.25, 0.3) is 0 Å². The highest BCUT2D eigenvalue weighted by Crippen LogP contribution is 2.46. The Balaban J connectivity index is 1.99. The summed E-state index contributed by atoms with van der Waals surface area (Å²) in [5.41, 5.74) is 1.12. The zero-order valence-corrected chi connectivity index (χ0v) is 14.1. The van der Waals surface area contributed by atoms with Gasteiger partial charge in [0.25, 0.3) is 0 Å². The molecule has 4 heteroatoms. The fourth-order valence-corrected chi connectivity index (χ4v) is 3.43. The maximum Gasteiger partial charge on any atom is 0.217 e. The molecule has 1 aliphatic rings. The van der Waals surface area contributed by atoms with Gasteiger partial charge in [-0.2, -0.15) is 0 Å². The van der Waals surface area contributed by atoms with Crippen LogP contribution in [0, 0.1) is 0 Å². The molecule has 2 rings (SSSR count). The summed E-state index contributed by atoms with van der Waals surface area (Å²) in [6.45, 7) is 7.86. The van der Waals surface area contributed by atoms with Gasteiger partial charge in [0, 0.05) is 29.1 Å². The number of hydrogen-bond acceptors (Lipinski definition) is 2. The fourth-order valence-electron chi connectivity index (χ4n) is 3.24. The highest BCUT2D eigenvalue weighted by molar-refractivity contribution is 6.30. The van der Waals surface area contributed by atoms with Gasteiger partial charge in [-0.15, -0.1) is 0 Å². The Morgan fingerprint density at radius 1 is 1.43 bits per heavy atom. The smallest absolute Gasteiger partial charge is 0.217 e. The van der Waals surface area contributed by atoms with Gasteiger partial charge in [0.05, 0.1) is 0 Å². The molecule has 0 bridgehead atoms. The Labute approximate surface area is 132 Å². The first-order valence-electron chi connectivity index (χ1n) is 7.55. The summed E-state index contributed by atoms with van der Waals surface area (Å²) in [5, 5.41) is 7.52. The number of halogens is 1. The van der Waals surface area contributed by atoms with Crippen molar-refractivity contribution in [3.63, 3.8) is 0 Å². The zero-order valence-electron chi connectivity index (χ0n) is 13.3. The minimum absolute atomic E-state index is 0.0168. The standard InChI is InChI=1S/C17H25ClN2O/c1-12(11-16(3,4)20-13(2)21)19-17(8-9-17)14-6-5-7-15(18)10-14/h5-7,10,12,19H,8-9,11H2,1-4H3,(H,20,21)/t12-/m0/s1. The number of rotatable bonds is 6. The van der Waals surface area contributed by atoms with Crippen LogP contribution in [0.3, 0.4) is 0 Å². The van der Waals surface area contributed by atoms with Gasteiger partial charge in [-0.25, -0.2) is 0 Å². The Kier molecular flexibility index (Phi) is 4.64. The van der Waals surface area contributed by atoms with Gasteiger partial charge in [-0.3, -0.25) is 4.79 Å². The van der Waals surface area contributed by atoms with E-state index in [4.69, 9.17) is 11.6 Å². The second-order valence-electron chi connectivity index (χ2n) is 6.91. The lowest BCUT2D eigenvalue weighted by molar-refractivity contribution is -0.120. The van der Waals surface area contributed by atoms with Crippen LogP contribution in [0.15, 0.2) is 24.3 Å². The number of carbonyl (C=O) groups is 1. The first kappa shape index (κ1) is 16.3. The molecule has 116 valence electrons. The third kappa shape index (κ3) is 4.45. The molecule has 0 saturated heterocycles. The zero-order chi connectivity index (χ0) is 15.7. The van der Waals surface area contributed by atoms with Gasteiger partial charge in [0.1, 0.15) is 0 Å². The molecule has 0 heterocycles. The minimum Gasteiger partial charge on any atom is -0.351 e. The molecule has 0 spiro atoms. The molecule has 2 N–H and O–H groups in total. The molecule has 1 amide bonds. The maximum absolute atomic E-state index is 11.3. The lowest BCUT2D eigenvalue weighted by atomic mass is 9.94. The van der Waals surface area contributed by atoms with Crippen LogP contribution in [0.5, 0.6) is 0 Å². The summed E-state index contributed by atoms with van der Waals surface area (Å²) < 4.78 is 0. The lowest BCUT2D eigenvalue weighted by Crippen LogP contribution is -2.48. The summed E-state index contributed by atoms with van der Waals surface area (Å²) in [6, 6.07) is 8.41. The molecular weight excluding hydrogens is 284 g/mol. The Morgan fingerprint density at radius 2 is 2.10 bits per heavy atom. The number of nitrogens with one attached hydrogen (secondary N) is 2. The van der Waals surface area contributed by atoms with Crippen molar-refractivity contribution in [1.29, 1.82) is 0 Å². The van der Waals surface area contributed by atoms with Crippen molar-refractivity contribution in [2.75, 3.05) is 0 Å². The van der Waals surface area contributed by atoms with E-state index in [9.17, 15) is 4.79 Å². The van der Waals surface area contributed by atoms with E-state index in [2.05, 4.69) is 37.5 Å². The normalized spacial score (nSPS) is 18.1. The van der Waals surface area contributed by atoms with Crippen molar-refractivity contribution in [2.24, 2.45) is 0 Å². The molecule has 1 saturated carbocycles. The van der Waals surface area contributed by atoms with Gasteiger partial charge in [-0.05, 0) is 57.7 Å². The first-order chi connectivity index (χ1) is 9.72. The quantitative estimate of drug-likeness (QED) is 0.843. The topological polar surface area (TPSA) is 41.1 Å². The van der Waals surface area contributed by atoms with Crippen molar-refractivity contribution in [3.8, 4) is 0 Å². The predicted octanol–water partition coefficient (Wildman–Crippen LogP) is 3.61. The van der Waals surface area contributed by atoms with Crippen molar-refractivity contribution < 1.29 is 4.79 Å². The monoisotopic (exact) mass is 308 g/mol. The molecule has 1 fully saturated rings. The molecule has 1 aliphatic carbocycles. The van der Waals surface area contributed by atoms with E-state index in [1.54, 1.807) is 6.92 Å². The molecule has 0 aromatic heterocycles. The second kappa shape index (κ2) is 5.98. The lowest BCUT2D eigenvalue weighted by Gasteiger charge is -2.32. The van der Waals surface area contributed by atoms with Crippen LogP contribution >= 0.6 is 11.6 Å². The Bertz CT molecular complexity index is 523. The fraction of sp³-hybridized carbons (Fsp3) is 0.588. The van der Waals surface area contributed by atoms with Gasteiger partial charge >= 0.3 is 0 Å². The SMILES string of the molecule is CC(=O)NC(C)(C)C[C@H](C)NC1(c2cccc(Cl)c2)CC1. The van der Waals surface area contributed by atoms with E-state index in [-0.39, 0.29) is 17.0 Å². The van der Waals surface area contributed by atoms with Gasteiger partial charge in [0.2, 0.25) is 5.91 Å². The minimum atomic E-state index is -0.206. The van der Waals surface area contributed by atoms with E-state index >= 15 is 0 Å². The third-order valence-electron chi connectivity index (χ3n) is 3.98. The maximum atomic E-state index is 11.3. The summed E-state index contributed by atoms with van der Waals surface area (Å²) in [7, 11) is 0. The molecule has 0 radical (unpaired) electrons. The van der Waals surface area contributed by atoms with Crippen LogP contribution in [0.4, 0.5) is 0 Å². The Morgan fingerprint density at radius 3 is 2.62 bits per heavy atom.